The van der Waals surface area contributed by atoms with Gasteiger partial charge in [-0.25, -0.2) is 0 Å². The molecule has 0 aromatic carbocycles. The molecule has 0 aliphatic carbocycles. The number of nitrogens with zero attached hydrogens (tertiary/aromatic N) is 1. The Morgan fingerprint density at radius 1 is 1.03 bits per heavy atom. The van der Waals surface area contributed by atoms with E-state index >= 15 is 0 Å². The second-order valence-corrected chi connectivity index (χ2v) is 9.35. The molecule has 0 saturated heterocycles. The van der Waals surface area contributed by atoms with Crippen LogP contribution in [0.4, 0.5) is 0 Å². The van der Waals surface area contributed by atoms with Crippen LogP contribution in [0.15, 0.2) is 0 Å². The molecule has 0 fully saturated rings. The van der Waals surface area contributed by atoms with Crippen LogP contribution in [-0.4, -0.2) is 78.5 Å². The van der Waals surface area contributed by atoms with Gasteiger partial charge in [0.25, 0.3) is 0 Å². The van der Waals surface area contributed by atoms with E-state index in [1.807, 2.05) is 20.8 Å². The van der Waals surface area contributed by atoms with Gasteiger partial charge < -0.3 is 25.6 Å². The fourth-order valence-electron chi connectivity index (χ4n) is 3.09. The van der Waals surface area contributed by atoms with Gasteiger partial charge in [0.15, 0.2) is 5.12 Å². The van der Waals surface area contributed by atoms with Crippen LogP contribution < -0.4 is 16.0 Å². The highest BCUT2D eigenvalue weighted by Gasteiger charge is 2.29. The number of thioether (sulfide) groups is 1. The number of rotatable bonds is 17. The van der Waals surface area contributed by atoms with Gasteiger partial charge in [-0.15, -0.1) is 0 Å². The molecule has 3 N–H and O–H groups in total. The predicted molar refractivity (Wildman–Crippen MR) is 127 cm³/mol. The van der Waals surface area contributed by atoms with Crippen LogP contribution in [0.5, 0.6) is 0 Å². The minimum atomic E-state index is -0.732. The number of carbonyl (C=O) groups is 5. The lowest BCUT2D eigenvalue weighted by molar-refractivity contribution is -0.140. The summed E-state index contributed by atoms with van der Waals surface area (Å²) in [5.74, 6) is -0.395. The minimum absolute atomic E-state index is 0.0931. The molecule has 0 saturated carbocycles. The maximum Gasteiger partial charge on any atom is 0.245 e. The van der Waals surface area contributed by atoms with Crippen LogP contribution in [0.3, 0.4) is 0 Å². The molecule has 0 aromatic rings. The van der Waals surface area contributed by atoms with Gasteiger partial charge in [-0.05, 0) is 32.2 Å². The zero-order valence-electron chi connectivity index (χ0n) is 20.1. The SMILES string of the molecule is CCCN(CC(=O)NC(C=O)CCCCCSC(C)=O)C(=O)C(NC(=O)CNC)C(C)C. The van der Waals surface area contributed by atoms with Crippen LogP contribution in [0.25, 0.3) is 0 Å². The molecule has 10 heteroatoms. The Hall–Kier alpha value is -1.94. The third kappa shape index (κ3) is 13.5. The molecule has 0 aromatic heterocycles. The summed E-state index contributed by atoms with van der Waals surface area (Å²) in [6, 6.07) is -1.34. The molecule has 3 amide bonds. The lowest BCUT2D eigenvalue weighted by atomic mass is 10.0. The van der Waals surface area contributed by atoms with E-state index in [9.17, 15) is 24.0 Å². The summed E-state index contributed by atoms with van der Waals surface area (Å²) in [7, 11) is 1.65. The third-order valence-corrected chi connectivity index (χ3v) is 5.60. The summed E-state index contributed by atoms with van der Waals surface area (Å²) in [4.78, 5) is 61.3. The minimum Gasteiger partial charge on any atom is -0.345 e. The molecule has 0 aliphatic rings. The number of aldehydes is 1. The van der Waals surface area contributed by atoms with Gasteiger partial charge in [-0.2, -0.15) is 0 Å². The molecule has 0 radical (unpaired) electrons. The standard InChI is InChI=1S/C22H40N4O5S/c1-6-11-26(22(31)21(16(2)3)25-19(29)13-23-5)14-20(30)24-18(15-27)10-8-7-9-12-32-17(4)28/h15-16,18,21,23H,6-14H2,1-5H3,(H,24,30)(H,25,29). The van der Waals surface area contributed by atoms with Gasteiger partial charge >= 0.3 is 0 Å². The Morgan fingerprint density at radius 2 is 1.72 bits per heavy atom. The highest BCUT2D eigenvalue weighted by Crippen LogP contribution is 2.10. The molecule has 32 heavy (non-hydrogen) atoms. The molecule has 0 bridgehead atoms. The fourth-order valence-corrected chi connectivity index (χ4v) is 3.73. The van der Waals surface area contributed by atoms with Crippen molar-refractivity contribution in [3.8, 4) is 0 Å². The number of amides is 3. The molecular weight excluding hydrogens is 432 g/mol. The largest absolute Gasteiger partial charge is 0.345 e. The van der Waals surface area contributed by atoms with Crippen molar-refractivity contribution in [3.05, 3.63) is 0 Å². The van der Waals surface area contributed by atoms with E-state index in [1.165, 1.54) is 23.6 Å². The van der Waals surface area contributed by atoms with Crippen molar-refractivity contribution in [2.75, 3.05) is 32.4 Å². The van der Waals surface area contributed by atoms with E-state index in [1.54, 1.807) is 7.05 Å². The summed E-state index contributed by atoms with van der Waals surface area (Å²) in [5, 5.41) is 8.26. The van der Waals surface area contributed by atoms with Crippen molar-refractivity contribution in [3.63, 3.8) is 0 Å². The van der Waals surface area contributed by atoms with Crippen LogP contribution in [0, 0.1) is 5.92 Å². The first kappa shape index (κ1) is 30.1. The highest BCUT2D eigenvalue weighted by molar-refractivity contribution is 8.13. The first-order valence-corrected chi connectivity index (χ1v) is 12.3. The zero-order valence-corrected chi connectivity index (χ0v) is 20.9. The topological polar surface area (TPSA) is 125 Å². The van der Waals surface area contributed by atoms with Gasteiger partial charge in [0, 0.05) is 19.2 Å². The van der Waals surface area contributed by atoms with Crippen LogP contribution in [0.2, 0.25) is 0 Å². The maximum atomic E-state index is 13.0. The number of unbranched alkanes of at least 4 members (excludes halogenated alkanes) is 2. The van der Waals surface area contributed by atoms with Gasteiger partial charge in [0.1, 0.15) is 12.3 Å². The van der Waals surface area contributed by atoms with Gasteiger partial charge in [0.2, 0.25) is 17.7 Å². The van der Waals surface area contributed by atoms with E-state index in [2.05, 4.69) is 16.0 Å². The second-order valence-electron chi connectivity index (χ2n) is 8.08. The quantitative estimate of drug-likeness (QED) is 0.214. The fraction of sp³-hybridized carbons (Fsp3) is 0.773. The summed E-state index contributed by atoms with van der Waals surface area (Å²) in [6.45, 7) is 7.41. The number of hydrogen-bond donors (Lipinski definition) is 3. The van der Waals surface area contributed by atoms with Crippen molar-refractivity contribution in [2.24, 2.45) is 5.92 Å². The van der Waals surface area contributed by atoms with Crippen LogP contribution in [-0.2, 0) is 24.0 Å². The molecule has 2 atom stereocenters. The van der Waals surface area contributed by atoms with E-state index in [0.29, 0.717) is 25.7 Å². The first-order chi connectivity index (χ1) is 15.2. The molecule has 0 heterocycles. The molecular formula is C22H40N4O5S. The van der Waals surface area contributed by atoms with E-state index in [4.69, 9.17) is 0 Å². The average Bonchev–Trinajstić information content (AvgIpc) is 2.72. The number of carbonyl (C=O) groups excluding carboxylic acids is 5. The number of nitrogens with one attached hydrogen (secondary N) is 3. The molecule has 2 unspecified atom stereocenters. The molecule has 9 nitrogen and oxygen atoms in total. The monoisotopic (exact) mass is 472 g/mol. The Kier molecular flexibility index (Phi) is 16.5. The highest BCUT2D eigenvalue weighted by atomic mass is 32.2. The zero-order chi connectivity index (χ0) is 24.5. The van der Waals surface area contributed by atoms with Gasteiger partial charge in [0.05, 0.1) is 19.1 Å². The first-order valence-electron chi connectivity index (χ1n) is 11.3. The Bertz CT molecular complexity index is 615. The summed E-state index contributed by atoms with van der Waals surface area (Å²) in [5.41, 5.74) is 0. The van der Waals surface area contributed by atoms with Crippen molar-refractivity contribution in [1.82, 2.24) is 20.9 Å². The number of likely N-dealkylation sites (N-methyl/N-ethyl adjacent to an activating group) is 1. The van der Waals surface area contributed by atoms with Crippen molar-refractivity contribution >= 4 is 40.9 Å². The number of hydrogen-bond acceptors (Lipinski definition) is 7. The normalized spacial score (nSPS) is 12.7. The Morgan fingerprint density at radius 3 is 2.25 bits per heavy atom. The summed E-state index contributed by atoms with van der Waals surface area (Å²) < 4.78 is 0. The molecule has 0 rings (SSSR count). The van der Waals surface area contributed by atoms with Crippen LogP contribution >= 0.6 is 11.8 Å². The second kappa shape index (κ2) is 17.6. The maximum absolute atomic E-state index is 13.0. The molecule has 0 aliphatic heterocycles. The lowest BCUT2D eigenvalue weighted by Crippen LogP contribution is -2.55. The smallest absolute Gasteiger partial charge is 0.245 e. The van der Waals surface area contributed by atoms with Crippen molar-refractivity contribution in [2.45, 2.75) is 71.9 Å². The molecule has 184 valence electrons. The predicted octanol–water partition coefficient (Wildman–Crippen LogP) is 1.11. The van der Waals surface area contributed by atoms with E-state index in [-0.39, 0.29) is 35.9 Å². The third-order valence-electron chi connectivity index (χ3n) is 4.70. The van der Waals surface area contributed by atoms with E-state index in [0.717, 1.165) is 25.0 Å². The van der Waals surface area contributed by atoms with Crippen molar-refractivity contribution < 1.29 is 24.0 Å². The lowest BCUT2D eigenvalue weighted by Gasteiger charge is -2.29. The van der Waals surface area contributed by atoms with E-state index < -0.39 is 18.0 Å². The molecule has 0 spiro atoms. The van der Waals surface area contributed by atoms with Crippen LogP contribution in [0.1, 0.15) is 59.8 Å². The Labute approximate surface area is 196 Å². The average molecular weight is 473 g/mol. The van der Waals surface area contributed by atoms with Crippen molar-refractivity contribution in [1.29, 1.82) is 0 Å². The van der Waals surface area contributed by atoms with Gasteiger partial charge in [-0.3, -0.25) is 19.2 Å². The summed E-state index contributed by atoms with van der Waals surface area (Å²) in [6.07, 6.45) is 4.37. The Balaban J connectivity index is 4.79. The summed E-state index contributed by atoms with van der Waals surface area (Å²) >= 11 is 1.29. The van der Waals surface area contributed by atoms with Gasteiger partial charge in [-0.1, -0.05) is 45.4 Å².